The third kappa shape index (κ3) is 6.60. The van der Waals surface area contributed by atoms with Gasteiger partial charge in [0.05, 0.1) is 11.4 Å². The third-order valence-electron chi connectivity index (χ3n) is 5.90. The Hall–Kier alpha value is -3.84. The summed E-state index contributed by atoms with van der Waals surface area (Å²) >= 11 is 7.42. The van der Waals surface area contributed by atoms with Gasteiger partial charge in [0.1, 0.15) is 5.75 Å². The van der Waals surface area contributed by atoms with Gasteiger partial charge in [0.25, 0.3) is 5.91 Å². The van der Waals surface area contributed by atoms with Crippen LogP contribution >= 0.6 is 23.4 Å². The second-order valence-electron chi connectivity index (χ2n) is 8.42. The van der Waals surface area contributed by atoms with Crippen LogP contribution < -0.4 is 9.64 Å². The van der Waals surface area contributed by atoms with Crippen molar-refractivity contribution in [1.82, 2.24) is 29.9 Å². The summed E-state index contributed by atoms with van der Waals surface area (Å²) in [6.45, 7) is 2.16. The highest BCUT2D eigenvalue weighted by Crippen LogP contribution is 2.27. The van der Waals surface area contributed by atoms with Gasteiger partial charge in [-0.05, 0) is 48.5 Å². The summed E-state index contributed by atoms with van der Waals surface area (Å²) in [4.78, 5) is 25.8. The monoisotopic (exact) mass is 575 g/mol. The van der Waals surface area contributed by atoms with E-state index in [0.717, 1.165) is 5.69 Å². The number of anilines is 1. The number of hydrogen-bond acceptors (Lipinski definition) is 8. The molecule has 5 rings (SSSR count). The Bertz CT molecular complexity index is 1430. The molecule has 39 heavy (non-hydrogen) atoms. The lowest BCUT2D eigenvalue weighted by Crippen LogP contribution is -2.49. The molecule has 1 aliphatic rings. The predicted molar refractivity (Wildman–Crippen MR) is 139 cm³/mol. The summed E-state index contributed by atoms with van der Waals surface area (Å²) < 4.78 is 43.1. The van der Waals surface area contributed by atoms with E-state index in [4.69, 9.17) is 11.6 Å². The predicted octanol–water partition coefficient (Wildman–Crippen LogP) is 4.86. The summed E-state index contributed by atoms with van der Waals surface area (Å²) in [5, 5.41) is 9.48. The Balaban J connectivity index is 1.37. The number of rotatable bonds is 7. The van der Waals surface area contributed by atoms with E-state index in [-0.39, 0.29) is 23.1 Å². The van der Waals surface area contributed by atoms with Gasteiger partial charge < -0.3 is 14.5 Å². The van der Waals surface area contributed by atoms with Gasteiger partial charge in [-0.3, -0.25) is 4.79 Å². The van der Waals surface area contributed by atoms with Gasteiger partial charge >= 0.3 is 6.36 Å². The molecule has 2 aromatic carbocycles. The Labute approximate surface area is 230 Å². The van der Waals surface area contributed by atoms with Crippen LogP contribution in [0.2, 0.25) is 5.02 Å². The van der Waals surface area contributed by atoms with Crippen molar-refractivity contribution in [3.8, 4) is 11.4 Å². The number of hydrogen-bond donors (Lipinski definition) is 0. The molecule has 202 valence electrons. The van der Waals surface area contributed by atoms with Crippen LogP contribution in [0.4, 0.5) is 18.9 Å². The molecule has 9 nitrogen and oxygen atoms in total. The molecule has 3 heterocycles. The van der Waals surface area contributed by atoms with E-state index >= 15 is 0 Å². The van der Waals surface area contributed by atoms with Gasteiger partial charge in [-0.25, -0.2) is 14.6 Å². The summed E-state index contributed by atoms with van der Waals surface area (Å²) in [5.74, 6) is -0.399. The molecule has 0 aliphatic carbocycles. The van der Waals surface area contributed by atoms with Crippen LogP contribution in [-0.4, -0.2) is 68.3 Å². The summed E-state index contributed by atoms with van der Waals surface area (Å²) in [6.07, 6.45) is -1.59. The average Bonchev–Trinajstić information content (AvgIpc) is 3.35. The first-order valence-corrected chi connectivity index (χ1v) is 13.1. The molecule has 0 atom stereocenters. The van der Waals surface area contributed by atoms with Gasteiger partial charge in [-0.1, -0.05) is 34.6 Å². The number of amides is 1. The van der Waals surface area contributed by atoms with E-state index in [1.165, 1.54) is 40.7 Å². The first kappa shape index (κ1) is 26.8. The molecule has 0 saturated carbocycles. The Morgan fingerprint density at radius 2 is 1.69 bits per heavy atom. The number of carbonyl (C=O) groups excluding carboxylic acids is 1. The molecule has 1 amide bonds. The highest BCUT2D eigenvalue weighted by Gasteiger charge is 2.31. The van der Waals surface area contributed by atoms with E-state index in [1.54, 1.807) is 23.4 Å². The van der Waals surface area contributed by atoms with Crippen LogP contribution in [0.3, 0.4) is 0 Å². The van der Waals surface area contributed by atoms with Gasteiger partial charge in [0.15, 0.2) is 10.9 Å². The van der Waals surface area contributed by atoms with Gasteiger partial charge in [0.2, 0.25) is 0 Å². The standard InChI is InChI=1S/C25H21ClF3N7O2S/c26-17-3-1-4-19(15-17)34-11-13-35(14-12-34)23(37)22-21(16-39-24-30-9-2-10-31-24)36(33-32-22)18-5-7-20(8-6-18)38-25(27,28)29/h1-10,15H,11-14,16H2. The lowest BCUT2D eigenvalue weighted by atomic mass is 10.2. The molecule has 0 N–H and O–H groups in total. The molecule has 2 aromatic heterocycles. The van der Waals surface area contributed by atoms with Crippen LogP contribution in [0, 0.1) is 0 Å². The molecule has 0 radical (unpaired) electrons. The number of thioether (sulfide) groups is 1. The maximum absolute atomic E-state index is 13.6. The Morgan fingerprint density at radius 1 is 0.974 bits per heavy atom. The molecule has 14 heteroatoms. The smallest absolute Gasteiger partial charge is 0.406 e. The Morgan fingerprint density at radius 3 is 2.36 bits per heavy atom. The normalized spacial score (nSPS) is 13.9. The van der Waals surface area contributed by atoms with E-state index in [2.05, 4.69) is 29.9 Å². The first-order chi connectivity index (χ1) is 18.8. The fourth-order valence-corrected chi connectivity index (χ4v) is 5.06. The fourth-order valence-electron chi connectivity index (χ4n) is 4.08. The van der Waals surface area contributed by atoms with Crippen LogP contribution in [-0.2, 0) is 5.75 Å². The second kappa shape index (κ2) is 11.5. The number of piperazine rings is 1. The maximum atomic E-state index is 13.6. The molecule has 1 saturated heterocycles. The quantitative estimate of drug-likeness (QED) is 0.228. The van der Waals surface area contributed by atoms with E-state index < -0.39 is 6.36 Å². The largest absolute Gasteiger partial charge is 0.573 e. The van der Waals surface area contributed by atoms with E-state index in [0.29, 0.717) is 47.7 Å². The molecular formula is C25H21ClF3N7O2S. The fraction of sp³-hybridized carbons (Fsp3) is 0.240. The van der Waals surface area contributed by atoms with E-state index in [9.17, 15) is 18.0 Å². The number of ether oxygens (including phenoxy) is 1. The second-order valence-corrected chi connectivity index (χ2v) is 9.80. The van der Waals surface area contributed by atoms with Gasteiger partial charge in [0, 0.05) is 55.0 Å². The van der Waals surface area contributed by atoms with E-state index in [1.807, 2.05) is 24.3 Å². The van der Waals surface area contributed by atoms with Crippen LogP contribution in [0.5, 0.6) is 5.75 Å². The number of nitrogens with zero attached hydrogens (tertiary/aromatic N) is 7. The lowest BCUT2D eigenvalue weighted by Gasteiger charge is -2.36. The maximum Gasteiger partial charge on any atom is 0.573 e. The number of alkyl halides is 3. The van der Waals surface area contributed by atoms with Crippen LogP contribution in [0.25, 0.3) is 5.69 Å². The lowest BCUT2D eigenvalue weighted by molar-refractivity contribution is -0.274. The minimum Gasteiger partial charge on any atom is -0.406 e. The number of aromatic nitrogens is 5. The third-order valence-corrected chi connectivity index (χ3v) is 7.02. The minimum atomic E-state index is -4.80. The van der Waals surface area contributed by atoms with Gasteiger partial charge in [-0.15, -0.1) is 18.3 Å². The molecule has 4 aromatic rings. The number of halogens is 4. The van der Waals surface area contributed by atoms with Crippen molar-refractivity contribution in [1.29, 1.82) is 0 Å². The molecule has 0 unspecified atom stereocenters. The molecular weight excluding hydrogens is 555 g/mol. The van der Waals surface area contributed by atoms with Gasteiger partial charge in [-0.2, -0.15) is 0 Å². The first-order valence-electron chi connectivity index (χ1n) is 11.8. The topological polar surface area (TPSA) is 89.3 Å². The van der Waals surface area contributed by atoms with Crippen molar-refractivity contribution in [2.45, 2.75) is 17.3 Å². The van der Waals surface area contributed by atoms with Crippen molar-refractivity contribution < 1.29 is 22.7 Å². The van der Waals surface area contributed by atoms with Crippen molar-refractivity contribution in [3.05, 3.63) is 83.4 Å². The highest BCUT2D eigenvalue weighted by molar-refractivity contribution is 7.98. The zero-order valence-corrected chi connectivity index (χ0v) is 21.8. The average molecular weight is 576 g/mol. The highest BCUT2D eigenvalue weighted by atomic mass is 35.5. The summed E-state index contributed by atoms with van der Waals surface area (Å²) in [7, 11) is 0. The molecule has 0 bridgehead atoms. The number of benzene rings is 2. The zero-order valence-electron chi connectivity index (χ0n) is 20.3. The van der Waals surface area contributed by atoms with Crippen molar-refractivity contribution >= 4 is 35.0 Å². The number of carbonyl (C=O) groups is 1. The SMILES string of the molecule is O=C(c1nnn(-c2ccc(OC(F)(F)F)cc2)c1CSc1ncccn1)N1CCN(c2cccc(Cl)c2)CC1. The van der Waals surface area contributed by atoms with Crippen LogP contribution in [0.15, 0.2) is 72.1 Å². The van der Waals surface area contributed by atoms with Crippen molar-refractivity contribution in [3.63, 3.8) is 0 Å². The molecule has 0 spiro atoms. The van der Waals surface area contributed by atoms with Crippen molar-refractivity contribution in [2.75, 3.05) is 31.1 Å². The van der Waals surface area contributed by atoms with Crippen LogP contribution in [0.1, 0.15) is 16.2 Å². The summed E-state index contributed by atoms with van der Waals surface area (Å²) in [6, 6.07) is 14.4. The van der Waals surface area contributed by atoms with Crippen molar-refractivity contribution in [2.24, 2.45) is 0 Å². The molecule has 1 fully saturated rings. The zero-order chi connectivity index (χ0) is 27.4. The Kier molecular flexibility index (Phi) is 7.89. The molecule has 1 aliphatic heterocycles. The summed E-state index contributed by atoms with van der Waals surface area (Å²) in [5.41, 5.74) is 2.04. The minimum absolute atomic E-state index is 0.158.